The fourth-order valence-electron chi connectivity index (χ4n) is 0.551. The van der Waals surface area contributed by atoms with Crippen LogP contribution >= 0.6 is 0 Å². The van der Waals surface area contributed by atoms with E-state index in [1.165, 1.54) is 6.26 Å². The van der Waals surface area contributed by atoms with Gasteiger partial charge in [0, 0.05) is 17.1 Å². The molecule has 10 heavy (non-hydrogen) atoms. The molecule has 0 heterocycles. The summed E-state index contributed by atoms with van der Waals surface area (Å²) < 4.78 is 10.5. The Hall–Kier alpha value is 0.217. The molecule has 0 radical (unpaired) electrons. The van der Waals surface area contributed by atoms with Gasteiger partial charge < -0.3 is 6.53 Å². The molecule has 5 heteroatoms. The van der Waals surface area contributed by atoms with Crippen LogP contribution in [0, 0.1) is 0 Å². The summed E-state index contributed by atoms with van der Waals surface area (Å²) in [5, 5.41) is 7.66. The molecule has 0 aliphatic rings. The van der Waals surface area contributed by atoms with E-state index < -0.39 is 22.0 Å². The number of carbonyl (C=O) groups is 1. The molecular weight excluding hydrogens is 147 g/mol. The number of hydrogen-bond acceptors (Lipinski definition) is 2. The Labute approximate surface area is 76.3 Å². The zero-order chi connectivity index (χ0) is 7.44. The Bertz CT molecular complexity index is 128. The van der Waals surface area contributed by atoms with Crippen molar-refractivity contribution in [3.05, 3.63) is 0 Å². The van der Waals surface area contributed by atoms with Gasteiger partial charge in [-0.15, -0.1) is 0 Å². The van der Waals surface area contributed by atoms with Gasteiger partial charge in [0.05, 0.1) is 0 Å². The van der Waals surface area contributed by atoms with E-state index in [2.05, 4.69) is 0 Å². The third-order valence-corrected chi connectivity index (χ3v) is 2.38. The maximum absolute atomic E-state index is 10.5. The summed E-state index contributed by atoms with van der Waals surface area (Å²) in [4.78, 5) is 10.2. The SMILES string of the molecule is CCC(C(=O)O)S(C)=O.[H-].[Li+]. The average molecular weight is 158 g/mol. The van der Waals surface area contributed by atoms with Crippen LogP contribution in [-0.4, -0.2) is 26.8 Å². The van der Waals surface area contributed by atoms with E-state index in [1.54, 1.807) is 6.92 Å². The van der Waals surface area contributed by atoms with Crippen LogP contribution in [0.15, 0.2) is 0 Å². The number of carboxylic acids is 1. The Morgan fingerprint density at radius 2 is 2.20 bits per heavy atom. The van der Waals surface area contributed by atoms with Gasteiger partial charge in [-0.3, -0.25) is 9.00 Å². The van der Waals surface area contributed by atoms with Crippen LogP contribution in [0.1, 0.15) is 14.8 Å². The van der Waals surface area contributed by atoms with Gasteiger partial charge in [-0.25, -0.2) is 0 Å². The second kappa shape index (κ2) is 5.96. The number of rotatable bonds is 3. The van der Waals surface area contributed by atoms with E-state index >= 15 is 0 Å². The second-order valence-corrected chi connectivity index (χ2v) is 3.30. The smallest absolute Gasteiger partial charge is 1.00 e. The van der Waals surface area contributed by atoms with Gasteiger partial charge in [0.15, 0.2) is 0 Å². The van der Waals surface area contributed by atoms with Crippen molar-refractivity contribution in [2.45, 2.75) is 18.6 Å². The molecule has 0 saturated carbocycles. The van der Waals surface area contributed by atoms with Crippen molar-refractivity contribution in [2.24, 2.45) is 0 Å². The maximum atomic E-state index is 10.5. The number of carboxylic acid groups (broad SMARTS) is 1. The summed E-state index contributed by atoms with van der Waals surface area (Å²) in [5.41, 5.74) is 0. The fraction of sp³-hybridized carbons (Fsp3) is 0.800. The predicted molar refractivity (Wildman–Crippen MR) is 36.9 cm³/mol. The topological polar surface area (TPSA) is 54.4 Å². The second-order valence-electron chi connectivity index (χ2n) is 1.73. The van der Waals surface area contributed by atoms with Gasteiger partial charge in [0.1, 0.15) is 5.25 Å². The molecule has 0 bridgehead atoms. The molecule has 0 aromatic rings. The Morgan fingerprint density at radius 1 is 1.80 bits per heavy atom. The summed E-state index contributed by atoms with van der Waals surface area (Å²) in [6, 6.07) is 0. The molecule has 56 valence electrons. The minimum Gasteiger partial charge on any atom is -1.00 e. The van der Waals surface area contributed by atoms with Crippen LogP contribution in [0.3, 0.4) is 0 Å². The van der Waals surface area contributed by atoms with Crippen LogP contribution in [0.4, 0.5) is 0 Å². The molecule has 2 atom stereocenters. The van der Waals surface area contributed by atoms with E-state index in [-0.39, 0.29) is 20.3 Å². The van der Waals surface area contributed by atoms with Crippen LogP contribution in [0.25, 0.3) is 0 Å². The zero-order valence-corrected chi connectivity index (χ0v) is 7.27. The Balaban J connectivity index is -0.000000320. The molecule has 0 aromatic carbocycles. The van der Waals surface area contributed by atoms with Gasteiger partial charge in [-0.1, -0.05) is 6.92 Å². The van der Waals surface area contributed by atoms with E-state index in [0.717, 1.165) is 0 Å². The Morgan fingerprint density at radius 3 is 2.20 bits per heavy atom. The van der Waals surface area contributed by atoms with Crippen molar-refractivity contribution < 1.29 is 34.4 Å². The summed E-state index contributed by atoms with van der Waals surface area (Å²) in [6.07, 6.45) is 1.83. The molecule has 3 nitrogen and oxygen atoms in total. The molecule has 1 N–H and O–H groups in total. The monoisotopic (exact) mass is 158 g/mol. The minimum absolute atomic E-state index is 0. The standard InChI is InChI=1S/C5H10O3S.Li.H/c1-3-4(5(6)7)9(2)8;;/h4H,3H2,1-2H3,(H,6,7);;/q;+1;-1. The van der Waals surface area contributed by atoms with Crippen LogP contribution in [0.5, 0.6) is 0 Å². The summed E-state index contributed by atoms with van der Waals surface area (Å²) in [6.45, 7) is 1.71. The van der Waals surface area contributed by atoms with Crippen molar-refractivity contribution in [1.29, 1.82) is 0 Å². The zero-order valence-electron chi connectivity index (χ0n) is 7.46. The first kappa shape index (κ1) is 12.9. The molecule has 0 aromatic heterocycles. The first-order valence-corrected chi connectivity index (χ1v) is 4.26. The maximum Gasteiger partial charge on any atom is 1.00 e. The molecule has 0 aliphatic carbocycles. The van der Waals surface area contributed by atoms with E-state index in [9.17, 15) is 9.00 Å². The van der Waals surface area contributed by atoms with Crippen molar-refractivity contribution in [3.8, 4) is 0 Å². The van der Waals surface area contributed by atoms with Crippen molar-refractivity contribution in [2.75, 3.05) is 6.26 Å². The third-order valence-electron chi connectivity index (χ3n) is 1.05. The molecule has 0 spiro atoms. The Kier molecular flexibility index (Phi) is 7.66. The fourth-order valence-corrected chi connectivity index (χ4v) is 1.30. The molecule has 0 aliphatic heterocycles. The molecule has 0 amide bonds. The van der Waals surface area contributed by atoms with Gasteiger partial charge in [-0.2, -0.15) is 0 Å². The van der Waals surface area contributed by atoms with Crippen molar-refractivity contribution in [1.82, 2.24) is 0 Å². The summed E-state index contributed by atoms with van der Waals surface area (Å²) in [5.74, 6) is -0.974. The van der Waals surface area contributed by atoms with Gasteiger partial charge in [-0.05, 0) is 6.42 Å². The van der Waals surface area contributed by atoms with Gasteiger partial charge in [0.2, 0.25) is 0 Å². The van der Waals surface area contributed by atoms with E-state index in [1.807, 2.05) is 0 Å². The first-order chi connectivity index (χ1) is 4.09. The van der Waals surface area contributed by atoms with Gasteiger partial charge >= 0.3 is 24.8 Å². The minimum atomic E-state index is -1.23. The van der Waals surface area contributed by atoms with Crippen LogP contribution in [0.2, 0.25) is 0 Å². The summed E-state index contributed by atoms with van der Waals surface area (Å²) >= 11 is 0. The first-order valence-electron chi connectivity index (χ1n) is 2.64. The largest absolute Gasteiger partial charge is 1.00 e. The normalized spacial score (nSPS) is 15.0. The average Bonchev–Trinajstić information content (AvgIpc) is 1.64. The van der Waals surface area contributed by atoms with E-state index in [0.29, 0.717) is 6.42 Å². The van der Waals surface area contributed by atoms with Crippen LogP contribution < -0.4 is 18.9 Å². The summed E-state index contributed by atoms with van der Waals surface area (Å²) in [7, 11) is -1.23. The molecule has 2 unspecified atom stereocenters. The van der Waals surface area contributed by atoms with Crippen molar-refractivity contribution in [3.63, 3.8) is 0 Å². The molecule has 0 fully saturated rings. The van der Waals surface area contributed by atoms with Crippen molar-refractivity contribution >= 4 is 16.8 Å². The van der Waals surface area contributed by atoms with Crippen LogP contribution in [-0.2, 0) is 15.6 Å². The van der Waals surface area contributed by atoms with Gasteiger partial charge in [0.25, 0.3) is 0 Å². The number of aliphatic carboxylic acids is 1. The van der Waals surface area contributed by atoms with E-state index in [4.69, 9.17) is 5.11 Å². The predicted octanol–water partition coefficient (Wildman–Crippen LogP) is -2.66. The molecule has 0 saturated heterocycles. The quantitative estimate of drug-likeness (QED) is 0.456. The number of hydrogen-bond donors (Lipinski definition) is 1. The molecular formula is C5H11LiO3S. The molecule has 0 rings (SSSR count). The third kappa shape index (κ3) is 4.10.